The molecule has 2 heterocycles. The summed E-state index contributed by atoms with van der Waals surface area (Å²) in [5, 5.41) is 32.9. The van der Waals surface area contributed by atoms with Crippen LogP contribution in [0.5, 0.6) is 0 Å². The highest BCUT2D eigenvalue weighted by Gasteiger charge is 2.19. The maximum atomic E-state index is 11.3. The first-order valence-corrected chi connectivity index (χ1v) is 9.82. The molecule has 1 N–H and O–H groups in total. The van der Waals surface area contributed by atoms with E-state index >= 15 is 0 Å². The molecule has 4 aromatic rings. The molecule has 0 radical (unpaired) electrons. The Hall–Kier alpha value is -4.38. The largest absolute Gasteiger partial charge is 0.301 e. The first kappa shape index (κ1) is 19.9. The number of nitro benzene ring substituents is 2. The summed E-state index contributed by atoms with van der Waals surface area (Å²) >= 11 is 1.53. The van der Waals surface area contributed by atoms with E-state index < -0.39 is 15.5 Å². The first-order valence-electron chi connectivity index (χ1n) is 8.94. The lowest BCUT2D eigenvalue weighted by atomic mass is 10.2. The summed E-state index contributed by atoms with van der Waals surface area (Å²) in [7, 11) is 0. The number of hydrogen-bond donors (Lipinski definition) is 1. The van der Waals surface area contributed by atoms with Crippen LogP contribution in [-0.4, -0.2) is 25.8 Å². The number of aromatic nitrogens is 2. The maximum absolute atomic E-state index is 11.3. The molecule has 0 spiro atoms. The van der Waals surface area contributed by atoms with E-state index in [4.69, 9.17) is 0 Å². The summed E-state index contributed by atoms with van der Waals surface area (Å²) < 4.78 is 1.73. The van der Waals surface area contributed by atoms with Gasteiger partial charge in [0.05, 0.1) is 32.7 Å². The number of thiophene rings is 1. The number of anilines is 1. The van der Waals surface area contributed by atoms with E-state index in [2.05, 4.69) is 15.6 Å². The lowest BCUT2D eigenvalue weighted by Gasteiger charge is -2.01. The van der Waals surface area contributed by atoms with E-state index in [1.165, 1.54) is 29.7 Å². The molecular formula is C20H14N6O4S. The van der Waals surface area contributed by atoms with Gasteiger partial charge in [-0.25, -0.2) is 4.68 Å². The Morgan fingerprint density at radius 2 is 1.84 bits per heavy atom. The van der Waals surface area contributed by atoms with Crippen molar-refractivity contribution in [1.82, 2.24) is 9.78 Å². The van der Waals surface area contributed by atoms with Crippen LogP contribution in [0.4, 0.5) is 17.1 Å². The van der Waals surface area contributed by atoms with E-state index in [-0.39, 0.29) is 11.4 Å². The minimum absolute atomic E-state index is 0.0416. The maximum Gasteiger partial charge on any atom is 0.301 e. The monoisotopic (exact) mass is 434 g/mol. The Bertz CT molecular complexity index is 1270. The number of rotatable bonds is 7. The van der Waals surface area contributed by atoms with Gasteiger partial charge in [-0.15, -0.1) is 11.3 Å². The molecule has 0 fully saturated rings. The predicted molar refractivity (Wildman–Crippen MR) is 118 cm³/mol. The Labute approximate surface area is 179 Å². The zero-order chi connectivity index (χ0) is 21.8. The van der Waals surface area contributed by atoms with Gasteiger partial charge in [-0.1, -0.05) is 24.3 Å². The van der Waals surface area contributed by atoms with E-state index in [9.17, 15) is 20.2 Å². The van der Waals surface area contributed by atoms with Crippen LogP contribution in [0.15, 0.2) is 77.3 Å². The Kier molecular flexibility index (Phi) is 5.49. The quantitative estimate of drug-likeness (QED) is 0.251. The molecule has 0 unspecified atom stereocenters. The molecular weight excluding hydrogens is 420 g/mol. The molecule has 0 aliphatic carbocycles. The van der Waals surface area contributed by atoms with Crippen molar-refractivity contribution in [3.05, 3.63) is 98.0 Å². The van der Waals surface area contributed by atoms with Crippen LogP contribution in [0.2, 0.25) is 0 Å². The van der Waals surface area contributed by atoms with Crippen LogP contribution in [-0.2, 0) is 0 Å². The van der Waals surface area contributed by atoms with Crippen molar-refractivity contribution < 1.29 is 9.85 Å². The van der Waals surface area contributed by atoms with Crippen molar-refractivity contribution in [3.63, 3.8) is 0 Å². The standard InChI is InChI=1S/C20H14N6O4S/c27-25(28)16-8-9-17(18(11-16)26(29)30)22-21-12-14-13-24(15-5-2-1-3-6-15)23-20(14)19-7-4-10-31-19/h1-13,22H/b21-12-. The lowest BCUT2D eigenvalue weighted by molar-refractivity contribution is -0.393. The summed E-state index contributed by atoms with van der Waals surface area (Å²) in [5.74, 6) is 0. The normalized spacial score (nSPS) is 11.0. The second-order valence-electron chi connectivity index (χ2n) is 6.28. The predicted octanol–water partition coefficient (Wildman–Crippen LogP) is 4.86. The fourth-order valence-corrected chi connectivity index (χ4v) is 3.58. The Morgan fingerprint density at radius 3 is 2.52 bits per heavy atom. The summed E-state index contributed by atoms with van der Waals surface area (Å²) in [4.78, 5) is 21.7. The average Bonchev–Trinajstić information content (AvgIpc) is 3.44. The third-order valence-electron chi connectivity index (χ3n) is 4.30. The zero-order valence-electron chi connectivity index (χ0n) is 15.8. The van der Waals surface area contributed by atoms with Gasteiger partial charge in [0.1, 0.15) is 11.4 Å². The van der Waals surface area contributed by atoms with Crippen LogP contribution < -0.4 is 5.43 Å². The molecule has 0 saturated carbocycles. The van der Waals surface area contributed by atoms with Crippen LogP contribution in [0.25, 0.3) is 16.3 Å². The van der Waals surface area contributed by atoms with E-state index in [1.807, 2.05) is 47.8 Å². The fraction of sp³-hybridized carbons (Fsp3) is 0. The molecule has 0 aliphatic rings. The number of hydrazone groups is 1. The highest BCUT2D eigenvalue weighted by Crippen LogP contribution is 2.29. The Morgan fingerprint density at radius 1 is 1.03 bits per heavy atom. The van der Waals surface area contributed by atoms with Gasteiger partial charge in [0.2, 0.25) is 0 Å². The summed E-state index contributed by atoms with van der Waals surface area (Å²) in [6.07, 6.45) is 3.31. The molecule has 31 heavy (non-hydrogen) atoms. The third-order valence-corrected chi connectivity index (χ3v) is 5.17. The van der Waals surface area contributed by atoms with Gasteiger partial charge in [0.25, 0.3) is 5.69 Å². The molecule has 0 atom stereocenters. The summed E-state index contributed by atoms with van der Waals surface area (Å²) in [5.41, 5.74) is 4.12. The molecule has 2 aromatic heterocycles. The second kappa shape index (κ2) is 8.55. The zero-order valence-corrected chi connectivity index (χ0v) is 16.6. The molecule has 154 valence electrons. The van der Waals surface area contributed by atoms with Gasteiger partial charge in [-0.3, -0.25) is 25.7 Å². The minimum Gasteiger partial charge on any atom is -0.272 e. The molecule has 0 bridgehead atoms. The number of benzene rings is 2. The van der Waals surface area contributed by atoms with Gasteiger partial charge in [0, 0.05) is 17.8 Å². The summed E-state index contributed by atoms with van der Waals surface area (Å²) in [6.45, 7) is 0. The van der Waals surface area contributed by atoms with Crippen LogP contribution >= 0.6 is 11.3 Å². The van der Waals surface area contributed by atoms with Crippen molar-refractivity contribution in [2.75, 3.05) is 5.43 Å². The van der Waals surface area contributed by atoms with Crippen LogP contribution in [0.3, 0.4) is 0 Å². The van der Waals surface area contributed by atoms with Crippen LogP contribution in [0, 0.1) is 20.2 Å². The number of nitrogens with zero attached hydrogens (tertiary/aromatic N) is 5. The van der Waals surface area contributed by atoms with E-state index in [0.717, 1.165) is 16.6 Å². The number of nitrogens with one attached hydrogen (secondary N) is 1. The number of para-hydroxylation sites is 1. The van der Waals surface area contributed by atoms with Gasteiger partial charge >= 0.3 is 5.69 Å². The SMILES string of the molecule is O=[N+]([O-])c1ccc(N/N=C\c2cn(-c3ccccc3)nc2-c2cccs2)c([N+](=O)[O-])c1. The average molecular weight is 434 g/mol. The molecule has 10 nitrogen and oxygen atoms in total. The van der Waals surface area contributed by atoms with Crippen molar-refractivity contribution in [1.29, 1.82) is 0 Å². The fourth-order valence-electron chi connectivity index (χ4n) is 2.85. The Balaban J connectivity index is 1.66. The van der Waals surface area contributed by atoms with Gasteiger partial charge in [-0.2, -0.15) is 10.2 Å². The number of nitro groups is 2. The smallest absolute Gasteiger partial charge is 0.272 e. The van der Waals surface area contributed by atoms with Gasteiger partial charge < -0.3 is 0 Å². The molecule has 0 saturated heterocycles. The highest BCUT2D eigenvalue weighted by atomic mass is 32.1. The van der Waals surface area contributed by atoms with Crippen molar-refractivity contribution in [2.24, 2.45) is 5.10 Å². The van der Waals surface area contributed by atoms with Gasteiger partial charge in [-0.05, 0) is 29.6 Å². The molecule has 0 amide bonds. The van der Waals surface area contributed by atoms with Gasteiger partial charge in [0.15, 0.2) is 0 Å². The first-order chi connectivity index (χ1) is 15.0. The van der Waals surface area contributed by atoms with E-state index in [0.29, 0.717) is 11.3 Å². The third kappa shape index (κ3) is 4.31. The number of non-ortho nitro benzene ring substituents is 1. The van der Waals surface area contributed by atoms with Crippen molar-refractivity contribution >= 4 is 34.6 Å². The minimum atomic E-state index is -0.699. The summed E-state index contributed by atoms with van der Waals surface area (Å²) in [6, 6.07) is 16.7. The van der Waals surface area contributed by atoms with E-state index in [1.54, 1.807) is 10.9 Å². The number of hydrogen-bond acceptors (Lipinski definition) is 8. The highest BCUT2D eigenvalue weighted by molar-refractivity contribution is 7.13. The van der Waals surface area contributed by atoms with Crippen molar-refractivity contribution in [2.45, 2.75) is 0 Å². The topological polar surface area (TPSA) is 128 Å². The lowest BCUT2D eigenvalue weighted by Crippen LogP contribution is -1.98. The van der Waals surface area contributed by atoms with Crippen molar-refractivity contribution in [3.8, 4) is 16.3 Å². The second-order valence-corrected chi connectivity index (χ2v) is 7.22. The molecule has 4 rings (SSSR count). The molecule has 2 aromatic carbocycles. The molecule has 0 aliphatic heterocycles. The molecule has 11 heteroatoms. The van der Waals surface area contributed by atoms with Crippen LogP contribution in [0.1, 0.15) is 5.56 Å².